The lowest BCUT2D eigenvalue weighted by atomic mass is 9.64. The summed E-state index contributed by atoms with van der Waals surface area (Å²) >= 11 is 0. The molecule has 3 aliphatic rings. The van der Waals surface area contributed by atoms with Crippen molar-refractivity contribution in [3.8, 4) is 6.07 Å². The average molecular weight is 400 g/mol. The van der Waals surface area contributed by atoms with Crippen LogP contribution in [0.4, 0.5) is 15.8 Å². The maximum absolute atomic E-state index is 13.5. The van der Waals surface area contributed by atoms with Crippen molar-refractivity contribution in [1.29, 1.82) is 5.26 Å². The van der Waals surface area contributed by atoms with E-state index in [-0.39, 0.29) is 29.2 Å². The molecular weight excluding hydrogens is 383 g/mol. The molecule has 6 nitrogen and oxygen atoms in total. The third kappa shape index (κ3) is 2.16. The summed E-state index contributed by atoms with van der Waals surface area (Å²) in [6, 6.07) is 14.8. The van der Waals surface area contributed by atoms with Crippen molar-refractivity contribution in [3.05, 3.63) is 82.6 Å². The zero-order chi connectivity index (χ0) is 21.0. The van der Waals surface area contributed by atoms with Gasteiger partial charge in [0.05, 0.1) is 5.57 Å². The molecule has 0 fully saturated rings. The Morgan fingerprint density at radius 2 is 1.83 bits per heavy atom. The van der Waals surface area contributed by atoms with Gasteiger partial charge in [-0.2, -0.15) is 5.26 Å². The molecule has 1 aliphatic carbocycles. The minimum atomic E-state index is -1.57. The van der Waals surface area contributed by atoms with Gasteiger partial charge >= 0.3 is 0 Å². The highest BCUT2D eigenvalue weighted by Crippen LogP contribution is 2.54. The van der Waals surface area contributed by atoms with Crippen LogP contribution in [0, 0.1) is 17.1 Å². The number of benzene rings is 2. The van der Waals surface area contributed by atoms with Gasteiger partial charge in [-0.15, -0.1) is 0 Å². The van der Waals surface area contributed by atoms with E-state index in [1.54, 1.807) is 41.3 Å². The predicted octanol–water partition coefficient (Wildman–Crippen LogP) is 3.24. The number of anilines is 2. The number of carbonyl (C=O) groups is 2. The maximum atomic E-state index is 13.5. The van der Waals surface area contributed by atoms with Crippen LogP contribution in [0.5, 0.6) is 0 Å². The molecule has 0 aromatic heterocycles. The summed E-state index contributed by atoms with van der Waals surface area (Å²) in [7, 11) is 0. The number of carbonyl (C=O) groups excluding carboxylic acids is 2. The molecule has 2 aromatic rings. The van der Waals surface area contributed by atoms with Gasteiger partial charge in [0.25, 0.3) is 0 Å². The summed E-state index contributed by atoms with van der Waals surface area (Å²) < 4.78 is 13.5. The SMILES string of the molecule is N#CC1=C(N)N(c2ccc(F)cc2)C2=C(C(=O)CCC2)[C@@]12C(=O)Nc1ccccc12. The first kappa shape index (κ1) is 18.1. The van der Waals surface area contributed by atoms with Crippen LogP contribution in [-0.2, 0) is 15.0 Å². The summed E-state index contributed by atoms with van der Waals surface area (Å²) in [5.74, 6) is -0.974. The standard InChI is InChI=1S/C23H17FN4O2/c24-13-8-10-14(11-9-13)28-18-6-3-7-19(29)20(18)23(16(12-25)21(28)26)15-4-1-2-5-17(15)27-22(23)30/h1-2,4-5,8-11H,3,6-7,26H2,(H,27,30)/t23-/m0/s1. The normalized spacial score (nSPS) is 22.7. The Labute approximate surface area is 172 Å². The molecule has 3 N–H and O–H groups in total. The Bertz CT molecular complexity index is 1220. The van der Waals surface area contributed by atoms with Crippen molar-refractivity contribution < 1.29 is 14.0 Å². The fourth-order valence-electron chi connectivity index (χ4n) is 4.83. The number of rotatable bonds is 1. The molecule has 148 valence electrons. The third-order valence-electron chi connectivity index (χ3n) is 6.02. The molecule has 30 heavy (non-hydrogen) atoms. The van der Waals surface area contributed by atoms with Gasteiger partial charge in [-0.1, -0.05) is 18.2 Å². The average Bonchev–Trinajstić information content (AvgIpc) is 3.02. The number of allylic oxidation sites excluding steroid dienone is 1. The molecule has 5 rings (SSSR count). The molecule has 7 heteroatoms. The van der Waals surface area contributed by atoms with Gasteiger partial charge < -0.3 is 11.1 Å². The van der Waals surface area contributed by atoms with E-state index in [2.05, 4.69) is 11.4 Å². The fraction of sp³-hybridized carbons (Fsp3) is 0.174. The topological polar surface area (TPSA) is 99.2 Å². The van der Waals surface area contributed by atoms with E-state index in [4.69, 9.17) is 5.73 Å². The molecule has 2 aromatic carbocycles. The first-order chi connectivity index (χ1) is 14.5. The number of para-hydroxylation sites is 1. The van der Waals surface area contributed by atoms with Gasteiger partial charge in [0, 0.05) is 34.6 Å². The summed E-state index contributed by atoms with van der Waals surface area (Å²) in [5, 5.41) is 13.0. The molecule has 2 aliphatic heterocycles. The molecule has 2 heterocycles. The van der Waals surface area contributed by atoms with Gasteiger partial charge in [0.15, 0.2) is 5.78 Å². The molecule has 1 spiro atoms. The molecule has 0 bridgehead atoms. The Kier molecular flexibility index (Phi) is 3.80. The maximum Gasteiger partial charge on any atom is 0.245 e. The van der Waals surface area contributed by atoms with Crippen LogP contribution < -0.4 is 16.0 Å². The van der Waals surface area contributed by atoms with Crippen LogP contribution in [0.25, 0.3) is 0 Å². The van der Waals surface area contributed by atoms with Gasteiger partial charge in [0.1, 0.15) is 23.1 Å². The zero-order valence-electron chi connectivity index (χ0n) is 15.9. The lowest BCUT2D eigenvalue weighted by molar-refractivity contribution is -0.122. The van der Waals surface area contributed by atoms with E-state index >= 15 is 0 Å². The molecular formula is C23H17FN4O2. The Balaban J connectivity index is 1.87. The summed E-state index contributed by atoms with van der Waals surface area (Å²) in [6.45, 7) is 0. The largest absolute Gasteiger partial charge is 0.384 e. The molecule has 0 saturated carbocycles. The van der Waals surface area contributed by atoms with E-state index in [0.717, 1.165) is 0 Å². The fourth-order valence-corrected chi connectivity index (χ4v) is 4.83. The smallest absolute Gasteiger partial charge is 0.245 e. The number of fused-ring (bicyclic) bond motifs is 3. The third-order valence-corrected chi connectivity index (χ3v) is 6.02. The second-order valence-electron chi connectivity index (χ2n) is 7.53. The monoisotopic (exact) mass is 400 g/mol. The number of hydrogen-bond donors (Lipinski definition) is 2. The first-order valence-electron chi connectivity index (χ1n) is 9.64. The van der Waals surface area contributed by atoms with Crippen LogP contribution in [0.1, 0.15) is 24.8 Å². The number of ketones is 1. The van der Waals surface area contributed by atoms with Crippen molar-refractivity contribution in [1.82, 2.24) is 0 Å². The zero-order valence-corrected chi connectivity index (χ0v) is 15.9. The van der Waals surface area contributed by atoms with Crippen LogP contribution in [0.2, 0.25) is 0 Å². The van der Waals surface area contributed by atoms with E-state index in [9.17, 15) is 19.2 Å². The molecule has 1 amide bonds. The quantitative estimate of drug-likeness (QED) is 0.766. The number of nitrogens with two attached hydrogens (primary N) is 1. The lowest BCUT2D eigenvalue weighted by Crippen LogP contribution is -2.50. The van der Waals surface area contributed by atoms with Crippen molar-refractivity contribution in [3.63, 3.8) is 0 Å². The van der Waals surface area contributed by atoms with Gasteiger partial charge in [-0.25, -0.2) is 4.39 Å². The molecule has 1 atom stereocenters. The van der Waals surface area contributed by atoms with Crippen molar-refractivity contribution >= 4 is 23.1 Å². The number of hydrogen-bond acceptors (Lipinski definition) is 5. The number of nitrogens with one attached hydrogen (secondary N) is 1. The summed E-state index contributed by atoms with van der Waals surface area (Å²) in [4.78, 5) is 28.3. The summed E-state index contributed by atoms with van der Waals surface area (Å²) in [6.07, 6.45) is 1.39. The van der Waals surface area contributed by atoms with E-state index in [1.807, 2.05) is 0 Å². The van der Waals surface area contributed by atoms with Gasteiger partial charge in [-0.05, 0) is 43.2 Å². The van der Waals surface area contributed by atoms with Crippen molar-refractivity contribution in [2.24, 2.45) is 5.73 Å². The minimum absolute atomic E-state index is 0.00303. The highest BCUT2D eigenvalue weighted by atomic mass is 19.1. The second kappa shape index (κ2) is 6.29. The molecule has 0 radical (unpaired) electrons. The predicted molar refractivity (Wildman–Crippen MR) is 108 cm³/mol. The minimum Gasteiger partial charge on any atom is -0.384 e. The van der Waals surface area contributed by atoms with Gasteiger partial charge in [0.2, 0.25) is 5.91 Å². The lowest BCUT2D eigenvalue weighted by Gasteiger charge is -2.43. The highest BCUT2D eigenvalue weighted by Gasteiger charge is 2.59. The number of nitriles is 1. The molecule has 0 saturated heterocycles. The first-order valence-corrected chi connectivity index (χ1v) is 9.64. The van der Waals surface area contributed by atoms with E-state index < -0.39 is 17.1 Å². The number of nitrogens with zero attached hydrogens (tertiary/aromatic N) is 2. The Morgan fingerprint density at radius 1 is 1.10 bits per heavy atom. The summed E-state index contributed by atoms with van der Waals surface area (Å²) in [5.41, 5.74) is 7.44. The van der Waals surface area contributed by atoms with Crippen LogP contribution in [0.3, 0.4) is 0 Å². The highest BCUT2D eigenvalue weighted by molar-refractivity contribution is 6.19. The Morgan fingerprint density at radius 3 is 2.57 bits per heavy atom. The van der Waals surface area contributed by atoms with E-state index in [0.29, 0.717) is 35.5 Å². The van der Waals surface area contributed by atoms with Crippen LogP contribution in [-0.4, -0.2) is 11.7 Å². The van der Waals surface area contributed by atoms with Crippen molar-refractivity contribution in [2.45, 2.75) is 24.7 Å². The van der Waals surface area contributed by atoms with Crippen molar-refractivity contribution in [2.75, 3.05) is 10.2 Å². The second-order valence-corrected chi connectivity index (χ2v) is 7.53. The number of halogens is 1. The molecule has 0 unspecified atom stereocenters. The van der Waals surface area contributed by atoms with Gasteiger partial charge in [-0.3, -0.25) is 14.5 Å². The van der Waals surface area contributed by atoms with Crippen LogP contribution >= 0.6 is 0 Å². The Hall–Kier alpha value is -3.92. The van der Waals surface area contributed by atoms with Crippen LogP contribution in [0.15, 0.2) is 71.2 Å². The number of Topliss-reactive ketones (excluding diaryl/α,β-unsaturated/α-hetero) is 1. The number of amides is 1. The van der Waals surface area contributed by atoms with E-state index in [1.165, 1.54) is 12.1 Å².